The maximum Gasteiger partial charge on any atom is 0.348 e. The first kappa shape index (κ1) is 16.3. The highest BCUT2D eigenvalue weighted by molar-refractivity contribution is 7.17. The van der Waals surface area contributed by atoms with E-state index in [9.17, 15) is 9.59 Å². The van der Waals surface area contributed by atoms with Crippen molar-refractivity contribution < 1.29 is 23.6 Å². The molecule has 3 heterocycles. The number of aromatic nitrogens is 1. The molecule has 0 radical (unpaired) electrons. The zero-order valence-corrected chi connectivity index (χ0v) is 14.6. The summed E-state index contributed by atoms with van der Waals surface area (Å²) in [6.07, 6.45) is 0. The predicted molar refractivity (Wildman–Crippen MR) is 94.2 cm³/mol. The fraction of sp³-hybridized carbons (Fsp3) is 0.167. The lowest BCUT2D eigenvalue weighted by Gasteiger charge is -2.16. The van der Waals surface area contributed by atoms with Gasteiger partial charge in [-0.3, -0.25) is 4.79 Å². The number of aryl methyl sites for hydroxylation is 1. The van der Waals surface area contributed by atoms with E-state index in [1.54, 1.807) is 19.1 Å². The third-order valence-electron chi connectivity index (χ3n) is 3.75. The van der Waals surface area contributed by atoms with Gasteiger partial charge in [-0.05, 0) is 25.1 Å². The summed E-state index contributed by atoms with van der Waals surface area (Å²) in [6, 6.07) is 11.0. The van der Waals surface area contributed by atoms with Crippen molar-refractivity contribution in [2.45, 2.75) is 13.5 Å². The summed E-state index contributed by atoms with van der Waals surface area (Å²) in [6.45, 7) is 1.71. The molecule has 3 aromatic rings. The Hall–Kier alpha value is -3.13. The minimum absolute atomic E-state index is 0.281. The van der Waals surface area contributed by atoms with Crippen LogP contribution in [0.1, 0.15) is 21.0 Å². The van der Waals surface area contributed by atoms with Gasteiger partial charge in [-0.1, -0.05) is 17.3 Å². The minimum atomic E-state index is -0.548. The van der Waals surface area contributed by atoms with Crippen LogP contribution < -0.4 is 10.1 Å². The lowest BCUT2D eigenvalue weighted by Crippen LogP contribution is -2.20. The SMILES string of the molecule is Cc1cc(NC(=O)COC(=O)c2cc3c(s2)-c2ccccc2OC3)no1. The van der Waals surface area contributed by atoms with E-state index in [0.29, 0.717) is 17.2 Å². The Balaban J connectivity index is 1.42. The number of esters is 1. The van der Waals surface area contributed by atoms with Crippen LogP contribution in [0.2, 0.25) is 0 Å². The summed E-state index contributed by atoms with van der Waals surface area (Å²) >= 11 is 1.33. The fourth-order valence-corrected chi connectivity index (χ4v) is 3.70. The number of hydrogen-bond acceptors (Lipinski definition) is 7. The van der Waals surface area contributed by atoms with Crippen molar-refractivity contribution in [1.29, 1.82) is 0 Å². The van der Waals surface area contributed by atoms with Crippen molar-refractivity contribution in [3.8, 4) is 16.2 Å². The second kappa shape index (κ2) is 6.64. The number of amides is 1. The van der Waals surface area contributed by atoms with Crippen molar-refractivity contribution in [1.82, 2.24) is 5.16 Å². The molecule has 0 saturated carbocycles. The van der Waals surface area contributed by atoms with E-state index in [2.05, 4.69) is 10.5 Å². The van der Waals surface area contributed by atoms with E-state index in [1.165, 1.54) is 11.3 Å². The summed E-state index contributed by atoms with van der Waals surface area (Å²) in [5, 5.41) is 6.14. The number of anilines is 1. The van der Waals surface area contributed by atoms with Crippen LogP contribution in [-0.2, 0) is 16.1 Å². The zero-order valence-electron chi connectivity index (χ0n) is 13.8. The molecule has 0 atom stereocenters. The Kier molecular flexibility index (Phi) is 4.18. The number of para-hydroxylation sites is 1. The van der Waals surface area contributed by atoms with E-state index in [-0.39, 0.29) is 5.82 Å². The number of nitrogens with one attached hydrogen (secondary N) is 1. The van der Waals surface area contributed by atoms with Crippen LogP contribution >= 0.6 is 11.3 Å². The fourth-order valence-electron chi connectivity index (χ4n) is 2.61. The molecule has 132 valence electrons. The van der Waals surface area contributed by atoms with E-state index < -0.39 is 18.5 Å². The number of ether oxygens (including phenoxy) is 2. The zero-order chi connectivity index (χ0) is 18.1. The second-order valence-corrected chi connectivity index (χ2v) is 6.75. The van der Waals surface area contributed by atoms with Crippen molar-refractivity contribution in [2.75, 3.05) is 11.9 Å². The molecule has 1 aromatic carbocycles. The minimum Gasteiger partial charge on any atom is -0.488 e. The molecule has 1 amide bonds. The van der Waals surface area contributed by atoms with Crippen LogP contribution in [0.3, 0.4) is 0 Å². The maximum atomic E-state index is 12.3. The van der Waals surface area contributed by atoms with E-state index in [0.717, 1.165) is 21.8 Å². The Morgan fingerprint density at radius 2 is 2.15 bits per heavy atom. The van der Waals surface area contributed by atoms with Gasteiger partial charge in [-0.2, -0.15) is 0 Å². The number of nitrogens with zero attached hydrogens (tertiary/aromatic N) is 1. The molecule has 0 fully saturated rings. The molecule has 26 heavy (non-hydrogen) atoms. The number of thiophene rings is 1. The molecule has 1 N–H and O–H groups in total. The molecule has 0 spiro atoms. The largest absolute Gasteiger partial charge is 0.488 e. The van der Waals surface area contributed by atoms with Gasteiger partial charge < -0.3 is 19.3 Å². The number of carbonyl (C=O) groups is 2. The Morgan fingerprint density at radius 1 is 1.31 bits per heavy atom. The maximum absolute atomic E-state index is 12.3. The number of carbonyl (C=O) groups excluding carboxylic acids is 2. The molecule has 0 bridgehead atoms. The Bertz CT molecular complexity index is 991. The summed E-state index contributed by atoms with van der Waals surface area (Å²) in [4.78, 5) is 25.5. The predicted octanol–water partition coefficient (Wildman–Crippen LogP) is 3.40. The quantitative estimate of drug-likeness (QED) is 0.708. The van der Waals surface area contributed by atoms with Crippen LogP contribution in [0.5, 0.6) is 5.75 Å². The average Bonchev–Trinajstić information content (AvgIpc) is 3.26. The van der Waals surface area contributed by atoms with Gasteiger partial charge in [0, 0.05) is 22.1 Å². The first-order valence-corrected chi connectivity index (χ1v) is 8.67. The molecule has 0 saturated heterocycles. The van der Waals surface area contributed by atoms with Crippen molar-refractivity contribution in [3.05, 3.63) is 52.6 Å². The normalized spacial score (nSPS) is 11.9. The van der Waals surface area contributed by atoms with Crippen LogP contribution in [0, 0.1) is 6.92 Å². The van der Waals surface area contributed by atoms with Gasteiger partial charge in [0.1, 0.15) is 23.0 Å². The lowest BCUT2D eigenvalue weighted by atomic mass is 10.1. The van der Waals surface area contributed by atoms with E-state index in [1.807, 2.05) is 24.3 Å². The van der Waals surface area contributed by atoms with E-state index in [4.69, 9.17) is 14.0 Å². The molecular weight excluding hydrogens is 356 g/mol. The summed E-state index contributed by atoms with van der Waals surface area (Å²) < 4.78 is 15.6. The summed E-state index contributed by atoms with van der Waals surface area (Å²) in [7, 11) is 0. The van der Waals surface area contributed by atoms with Crippen molar-refractivity contribution in [2.24, 2.45) is 0 Å². The van der Waals surface area contributed by atoms with Gasteiger partial charge in [0.15, 0.2) is 12.4 Å². The standard InChI is InChI=1S/C18H14N2O5S/c1-10-6-15(20-25-10)19-16(21)9-24-18(22)14-7-11-8-23-13-5-3-2-4-12(13)17(11)26-14/h2-7H,8-9H2,1H3,(H,19,20,21). The highest BCUT2D eigenvalue weighted by atomic mass is 32.1. The first-order valence-electron chi connectivity index (χ1n) is 7.85. The second-order valence-electron chi connectivity index (χ2n) is 5.70. The molecular formula is C18H14N2O5S. The first-order chi connectivity index (χ1) is 12.6. The molecule has 7 nitrogen and oxygen atoms in total. The number of benzene rings is 1. The average molecular weight is 370 g/mol. The van der Waals surface area contributed by atoms with Gasteiger partial charge in [0.2, 0.25) is 0 Å². The molecule has 0 aliphatic carbocycles. The highest BCUT2D eigenvalue weighted by Crippen LogP contribution is 2.42. The van der Waals surface area contributed by atoms with Crippen LogP contribution in [0.25, 0.3) is 10.4 Å². The van der Waals surface area contributed by atoms with Crippen LogP contribution in [0.4, 0.5) is 5.82 Å². The Morgan fingerprint density at radius 3 is 2.96 bits per heavy atom. The monoisotopic (exact) mass is 370 g/mol. The molecule has 8 heteroatoms. The van der Waals surface area contributed by atoms with Gasteiger partial charge >= 0.3 is 5.97 Å². The number of rotatable bonds is 4. The van der Waals surface area contributed by atoms with Gasteiger partial charge in [-0.15, -0.1) is 11.3 Å². The van der Waals surface area contributed by atoms with Gasteiger partial charge in [0.25, 0.3) is 5.91 Å². The molecule has 1 aliphatic rings. The summed E-state index contributed by atoms with van der Waals surface area (Å²) in [5.74, 6) is 0.618. The van der Waals surface area contributed by atoms with Crippen LogP contribution in [0.15, 0.2) is 40.9 Å². The topological polar surface area (TPSA) is 90.7 Å². The molecule has 2 aromatic heterocycles. The third kappa shape index (κ3) is 3.18. The number of hydrogen-bond donors (Lipinski definition) is 1. The van der Waals surface area contributed by atoms with Crippen LogP contribution in [-0.4, -0.2) is 23.6 Å². The van der Waals surface area contributed by atoms with Crippen molar-refractivity contribution >= 4 is 29.0 Å². The highest BCUT2D eigenvalue weighted by Gasteiger charge is 2.23. The number of fused-ring (bicyclic) bond motifs is 3. The van der Waals surface area contributed by atoms with Gasteiger partial charge in [0.05, 0.1) is 0 Å². The van der Waals surface area contributed by atoms with Crippen molar-refractivity contribution in [3.63, 3.8) is 0 Å². The molecule has 1 aliphatic heterocycles. The Labute approximate surface area is 152 Å². The molecule has 4 rings (SSSR count). The van der Waals surface area contributed by atoms with E-state index >= 15 is 0 Å². The van der Waals surface area contributed by atoms with Gasteiger partial charge in [-0.25, -0.2) is 4.79 Å². The third-order valence-corrected chi connectivity index (χ3v) is 4.95. The molecule has 0 unspecified atom stereocenters. The lowest BCUT2D eigenvalue weighted by molar-refractivity contribution is -0.119. The summed E-state index contributed by atoms with van der Waals surface area (Å²) in [5.41, 5.74) is 1.89. The smallest absolute Gasteiger partial charge is 0.348 e.